The quantitative estimate of drug-likeness (QED) is 0.0214. The van der Waals surface area contributed by atoms with Crippen LogP contribution in [0.25, 0.3) is 0 Å². The molecule has 0 aliphatic carbocycles. The van der Waals surface area contributed by atoms with Crippen molar-refractivity contribution < 1.29 is 120 Å². The van der Waals surface area contributed by atoms with Gasteiger partial charge in [0.15, 0.2) is 12.2 Å². The molecule has 8 atom stereocenters. The number of hydrogen-bond donors (Lipinski definition) is 20. The first-order valence-corrected chi connectivity index (χ1v) is 36.1. The standard InChI is InChI=1S/C51H62I9N9O24/c1-66(8-16(75)11-70)47(88)24-28(52)22(31(55)37(33(24)57)63-44(85)40(81)20(79)14-73)42(83)61-4-6-69(50(91)27-30(54)26(48(89)67(2)9-17(76)12-71)35(59)39(36(27)60)64-45(86)41(82)21(80)15-74)7-5-62-43(84)23-29(53)25(49(90)68(3)10-18(77)19(78)13-72)34(58)38(32(23)56)65-46(87)51(92)93/h16-21,40-41,51,70-82,92-93H,4-15H2,1-3H3,(H,61,83)(H,62,84)(H,63,85)(H,64,86)(H,65,87). The van der Waals surface area contributed by atoms with E-state index in [0.29, 0.717) is 0 Å². The first-order valence-electron chi connectivity index (χ1n) is 26.4. The third-order valence-corrected chi connectivity index (χ3v) is 22.7. The molecule has 0 heterocycles. The SMILES string of the molecule is CN(CC(O)C(O)CO)C(=O)c1c(I)c(NC(=O)C(O)O)c(I)c(C(=O)NCCN(CCNC(=O)c2c(I)c(NC(=O)C(O)C(O)CO)c(I)c(C(=O)N(C)CC(O)CO)c2I)C(=O)c2c(I)c(NC(=O)C(O)C(O)CO)c(I)c(C(=O)N(C)CC(O)CO)c2I)c1I. The van der Waals surface area contributed by atoms with Crippen LogP contribution in [0.5, 0.6) is 0 Å². The van der Waals surface area contributed by atoms with Crippen molar-refractivity contribution in [1.82, 2.24) is 30.2 Å². The summed E-state index contributed by atoms with van der Waals surface area (Å²) in [6, 6.07) is 0. The van der Waals surface area contributed by atoms with Crippen LogP contribution in [0.2, 0.25) is 0 Å². The van der Waals surface area contributed by atoms with Crippen molar-refractivity contribution in [2.24, 2.45) is 0 Å². The van der Waals surface area contributed by atoms with Crippen LogP contribution in [0.4, 0.5) is 17.1 Å². The first kappa shape index (κ1) is 86.1. The molecule has 93 heavy (non-hydrogen) atoms. The minimum atomic E-state index is -2.60. The number of nitrogens with one attached hydrogen (secondary N) is 5. The molecule has 518 valence electrons. The number of halogens is 9. The monoisotopic (exact) mass is 2330 g/mol. The van der Waals surface area contributed by atoms with E-state index in [1.54, 1.807) is 203 Å². The van der Waals surface area contributed by atoms with Crippen LogP contribution in [0.3, 0.4) is 0 Å². The first-order chi connectivity index (χ1) is 43.3. The Balaban J connectivity index is 2.40. The molecule has 0 aliphatic heterocycles. The van der Waals surface area contributed by atoms with E-state index in [2.05, 4.69) is 26.6 Å². The number of likely N-dealkylation sites (N-methyl/N-ethyl adjacent to an activating group) is 3. The van der Waals surface area contributed by atoms with Crippen molar-refractivity contribution >= 4 is 274 Å². The Morgan fingerprint density at radius 2 is 0.634 bits per heavy atom. The lowest BCUT2D eigenvalue weighted by Gasteiger charge is -2.28. The average molecular weight is 2330 g/mol. The fourth-order valence-electron chi connectivity index (χ4n) is 7.95. The summed E-state index contributed by atoms with van der Waals surface area (Å²) in [7, 11) is 3.72. The molecule has 0 fully saturated rings. The molecule has 0 spiro atoms. The van der Waals surface area contributed by atoms with E-state index in [9.17, 15) is 115 Å². The van der Waals surface area contributed by atoms with E-state index in [0.717, 1.165) is 19.6 Å². The maximum atomic E-state index is 15.6. The van der Waals surface area contributed by atoms with Gasteiger partial charge in [0.2, 0.25) is 6.29 Å². The zero-order valence-electron chi connectivity index (χ0n) is 48.3. The average Bonchev–Trinajstić information content (AvgIpc) is 0.781. The summed E-state index contributed by atoms with van der Waals surface area (Å²) in [4.78, 5) is 131. The van der Waals surface area contributed by atoms with Gasteiger partial charge in [-0.2, -0.15) is 0 Å². The Labute approximate surface area is 651 Å². The highest BCUT2D eigenvalue weighted by molar-refractivity contribution is 14.1. The van der Waals surface area contributed by atoms with Gasteiger partial charge in [-0.3, -0.25) is 43.2 Å². The predicted molar refractivity (Wildman–Crippen MR) is 403 cm³/mol. The molecule has 0 bridgehead atoms. The highest BCUT2D eigenvalue weighted by atomic mass is 127. The summed E-state index contributed by atoms with van der Waals surface area (Å²) < 4.78 is -0.586. The number of aliphatic hydroxyl groups is 15. The van der Waals surface area contributed by atoms with Gasteiger partial charge in [-0.25, -0.2) is 0 Å². The smallest absolute Gasteiger partial charge is 0.281 e. The van der Waals surface area contributed by atoms with E-state index in [4.69, 9.17) is 0 Å². The van der Waals surface area contributed by atoms with Crippen molar-refractivity contribution in [3.8, 4) is 0 Å². The molecule has 42 heteroatoms. The fourth-order valence-corrected chi connectivity index (χ4v) is 21.1. The van der Waals surface area contributed by atoms with Gasteiger partial charge in [-0.1, -0.05) is 0 Å². The number of carbonyl (C=O) groups is 9. The van der Waals surface area contributed by atoms with Crippen LogP contribution < -0.4 is 26.6 Å². The van der Waals surface area contributed by atoms with Gasteiger partial charge >= 0.3 is 0 Å². The van der Waals surface area contributed by atoms with Crippen LogP contribution in [-0.2, 0) is 14.4 Å². The van der Waals surface area contributed by atoms with Gasteiger partial charge in [0, 0.05) is 77.7 Å². The molecular weight excluding hydrogens is 2260 g/mol. The van der Waals surface area contributed by atoms with Crippen molar-refractivity contribution in [1.29, 1.82) is 0 Å². The van der Waals surface area contributed by atoms with Crippen LogP contribution in [0.1, 0.15) is 62.1 Å². The second-order valence-corrected chi connectivity index (χ2v) is 29.5. The molecule has 20 N–H and O–H groups in total. The molecule has 0 radical (unpaired) electrons. The number of nitrogens with zero attached hydrogens (tertiary/aromatic N) is 4. The van der Waals surface area contributed by atoms with Crippen molar-refractivity contribution in [2.75, 3.05) is 116 Å². The van der Waals surface area contributed by atoms with E-state index < -0.39 is 187 Å². The van der Waals surface area contributed by atoms with Crippen LogP contribution in [0.15, 0.2) is 0 Å². The summed E-state index contributed by atoms with van der Waals surface area (Å²) in [6.45, 7) is -8.18. The highest BCUT2D eigenvalue weighted by Crippen LogP contribution is 2.40. The Morgan fingerprint density at radius 1 is 0.355 bits per heavy atom. The molecule has 0 saturated carbocycles. The number of rotatable bonds is 32. The third-order valence-electron chi connectivity index (χ3n) is 13.0. The topological polar surface area (TPSA) is 530 Å². The molecule has 8 unspecified atom stereocenters. The van der Waals surface area contributed by atoms with Crippen molar-refractivity contribution in [3.63, 3.8) is 0 Å². The van der Waals surface area contributed by atoms with Gasteiger partial charge in [-0.15, -0.1) is 0 Å². The Morgan fingerprint density at radius 3 is 0.935 bits per heavy atom. The van der Waals surface area contributed by atoms with E-state index in [1.165, 1.54) is 21.1 Å². The lowest BCUT2D eigenvalue weighted by Crippen LogP contribution is -2.44. The van der Waals surface area contributed by atoms with E-state index >= 15 is 4.79 Å². The lowest BCUT2D eigenvalue weighted by molar-refractivity contribution is -0.141. The molecule has 3 aromatic carbocycles. The normalized spacial score (nSPS) is 14.0. The molecule has 3 rings (SSSR count). The summed E-state index contributed by atoms with van der Waals surface area (Å²) in [5, 5.41) is 162. The lowest BCUT2D eigenvalue weighted by atomic mass is 10.1. The van der Waals surface area contributed by atoms with Crippen molar-refractivity contribution in [3.05, 3.63) is 65.5 Å². The number of carbonyl (C=O) groups excluding carboxylic acids is 9. The van der Waals surface area contributed by atoms with Gasteiger partial charge < -0.3 is 123 Å². The minimum Gasteiger partial charge on any atom is -0.394 e. The summed E-state index contributed by atoms with van der Waals surface area (Å²) in [6.07, 6.45) is -17.3. The molecule has 9 amide bonds. The van der Waals surface area contributed by atoms with Crippen molar-refractivity contribution in [2.45, 2.75) is 55.1 Å². The number of anilines is 3. The number of aliphatic hydroxyl groups excluding tert-OH is 14. The highest BCUT2D eigenvalue weighted by Gasteiger charge is 2.37. The summed E-state index contributed by atoms with van der Waals surface area (Å²) in [5.74, 6) is -9.61. The molecule has 0 aromatic heterocycles. The molecule has 3 aromatic rings. The van der Waals surface area contributed by atoms with Gasteiger partial charge in [0.1, 0.15) is 18.3 Å². The minimum absolute atomic E-state index is 0.0133. The van der Waals surface area contributed by atoms with Gasteiger partial charge in [-0.05, 0) is 203 Å². The van der Waals surface area contributed by atoms with Crippen LogP contribution in [-0.4, -0.2) is 304 Å². The fraction of sp³-hybridized carbons (Fsp3) is 0.471. The second-order valence-electron chi connectivity index (χ2n) is 19.8. The second kappa shape index (κ2) is 39.7. The number of benzene rings is 3. The molecule has 0 aliphatic rings. The molecular formula is C51H62I9N9O24. The van der Waals surface area contributed by atoms with Gasteiger partial charge in [0.25, 0.3) is 53.2 Å². The zero-order valence-corrected chi connectivity index (χ0v) is 67.7. The van der Waals surface area contributed by atoms with E-state index in [-0.39, 0.29) is 82.6 Å². The summed E-state index contributed by atoms with van der Waals surface area (Å²) >= 11 is 15.0. The maximum absolute atomic E-state index is 15.6. The predicted octanol–water partition coefficient (Wildman–Crippen LogP) is -3.38. The number of amides is 9. The molecule has 33 nitrogen and oxygen atoms in total. The Hall–Kier alpha value is -1.14. The third kappa shape index (κ3) is 21.9. The molecule has 0 saturated heterocycles. The number of hydrogen-bond acceptors (Lipinski definition) is 24. The van der Waals surface area contributed by atoms with Crippen LogP contribution in [0, 0.1) is 32.1 Å². The van der Waals surface area contributed by atoms with E-state index in [1.807, 2.05) is 0 Å². The van der Waals surface area contributed by atoms with Crippen LogP contribution >= 0.6 is 203 Å². The maximum Gasteiger partial charge on any atom is 0.281 e. The largest absolute Gasteiger partial charge is 0.394 e. The summed E-state index contributed by atoms with van der Waals surface area (Å²) in [5.41, 5.74) is -2.56. The van der Waals surface area contributed by atoms with Gasteiger partial charge in [0.05, 0.1) is 123 Å². The zero-order chi connectivity index (χ0) is 71.1. The Bertz CT molecular complexity index is 3310. The Kier molecular flexibility index (Phi) is 36.8.